The highest BCUT2D eigenvalue weighted by molar-refractivity contribution is 5.99. The number of hydrogen-bond donors (Lipinski definition) is 3. The number of aryl methyl sites for hydroxylation is 1. The molecule has 0 radical (unpaired) electrons. The molecule has 0 unspecified atom stereocenters. The van der Waals surface area contributed by atoms with Gasteiger partial charge in [0.05, 0.1) is 0 Å². The number of amides is 2. The zero-order valence-corrected chi connectivity index (χ0v) is 15.1. The van der Waals surface area contributed by atoms with Gasteiger partial charge < -0.3 is 15.6 Å². The van der Waals surface area contributed by atoms with E-state index >= 15 is 0 Å². The molecule has 0 saturated heterocycles. The van der Waals surface area contributed by atoms with Crippen LogP contribution in [-0.2, 0) is 6.42 Å². The fourth-order valence-corrected chi connectivity index (χ4v) is 3.08. The van der Waals surface area contributed by atoms with E-state index in [0.29, 0.717) is 0 Å². The van der Waals surface area contributed by atoms with Crippen molar-refractivity contribution >= 4 is 28.3 Å². The number of carbonyl (C=O) groups is 1. The van der Waals surface area contributed by atoms with Crippen LogP contribution in [-0.4, -0.2) is 11.0 Å². The monoisotopic (exact) mass is 355 g/mol. The molecule has 3 N–H and O–H groups in total. The van der Waals surface area contributed by atoms with Crippen molar-refractivity contribution in [3.05, 3.63) is 84.4 Å². The Morgan fingerprint density at radius 1 is 0.852 bits per heavy atom. The van der Waals surface area contributed by atoms with Crippen molar-refractivity contribution in [1.82, 2.24) is 4.98 Å². The summed E-state index contributed by atoms with van der Waals surface area (Å²) in [5.74, 6) is 0. The normalized spacial score (nSPS) is 10.7. The highest BCUT2D eigenvalue weighted by atomic mass is 16.2. The maximum Gasteiger partial charge on any atom is 0.323 e. The molecule has 0 spiro atoms. The van der Waals surface area contributed by atoms with Gasteiger partial charge in [-0.1, -0.05) is 49.4 Å². The lowest BCUT2D eigenvalue weighted by Gasteiger charge is -2.09. The van der Waals surface area contributed by atoms with Crippen LogP contribution in [0.2, 0.25) is 0 Å². The second kappa shape index (κ2) is 7.38. The van der Waals surface area contributed by atoms with Gasteiger partial charge in [0.25, 0.3) is 0 Å². The number of fused-ring (bicyclic) bond motifs is 1. The molecule has 0 atom stereocenters. The van der Waals surface area contributed by atoms with Crippen molar-refractivity contribution in [2.45, 2.75) is 13.3 Å². The van der Waals surface area contributed by atoms with Gasteiger partial charge in [-0.3, -0.25) is 0 Å². The first-order chi connectivity index (χ1) is 13.2. The van der Waals surface area contributed by atoms with Crippen LogP contribution in [0.3, 0.4) is 0 Å². The van der Waals surface area contributed by atoms with E-state index in [0.717, 1.165) is 34.6 Å². The molecule has 27 heavy (non-hydrogen) atoms. The third-order valence-electron chi connectivity index (χ3n) is 4.60. The van der Waals surface area contributed by atoms with Crippen molar-refractivity contribution in [2.24, 2.45) is 0 Å². The van der Waals surface area contributed by atoms with Crippen LogP contribution in [0.25, 0.3) is 22.2 Å². The Kier molecular flexibility index (Phi) is 4.62. The number of aromatic nitrogens is 1. The molecule has 0 aliphatic heterocycles. The molecular formula is C23H21N3O. The van der Waals surface area contributed by atoms with E-state index in [-0.39, 0.29) is 6.03 Å². The Hall–Kier alpha value is -3.53. The van der Waals surface area contributed by atoms with E-state index in [9.17, 15) is 4.79 Å². The van der Waals surface area contributed by atoms with E-state index in [4.69, 9.17) is 0 Å². The zero-order valence-electron chi connectivity index (χ0n) is 15.1. The van der Waals surface area contributed by atoms with Crippen LogP contribution in [0.15, 0.2) is 78.9 Å². The number of H-pyrrole nitrogens is 1. The highest BCUT2D eigenvalue weighted by Crippen LogP contribution is 2.25. The quantitative estimate of drug-likeness (QED) is 0.410. The first-order valence-electron chi connectivity index (χ1n) is 9.06. The van der Waals surface area contributed by atoms with Crippen molar-refractivity contribution < 1.29 is 4.79 Å². The minimum Gasteiger partial charge on any atom is -0.355 e. The summed E-state index contributed by atoms with van der Waals surface area (Å²) < 4.78 is 0. The molecule has 2 amide bonds. The predicted molar refractivity (Wildman–Crippen MR) is 112 cm³/mol. The van der Waals surface area contributed by atoms with Gasteiger partial charge in [0.2, 0.25) is 0 Å². The fourth-order valence-electron chi connectivity index (χ4n) is 3.08. The number of urea groups is 1. The largest absolute Gasteiger partial charge is 0.355 e. The van der Waals surface area contributed by atoms with Crippen molar-refractivity contribution in [1.29, 1.82) is 0 Å². The number of rotatable bonds is 4. The molecule has 4 rings (SSSR count). The Balaban J connectivity index is 1.43. The summed E-state index contributed by atoms with van der Waals surface area (Å²) >= 11 is 0. The number of hydrogen-bond acceptors (Lipinski definition) is 1. The topological polar surface area (TPSA) is 56.9 Å². The minimum atomic E-state index is -0.252. The molecule has 4 nitrogen and oxygen atoms in total. The fraction of sp³-hybridized carbons (Fsp3) is 0.0870. The van der Waals surface area contributed by atoms with Crippen LogP contribution in [0, 0.1) is 0 Å². The van der Waals surface area contributed by atoms with E-state index in [1.165, 1.54) is 10.9 Å². The molecule has 0 bridgehead atoms. The number of aromatic amines is 1. The van der Waals surface area contributed by atoms with Crippen molar-refractivity contribution in [3.8, 4) is 11.3 Å². The summed E-state index contributed by atoms with van der Waals surface area (Å²) in [6, 6.07) is 25.7. The lowest BCUT2D eigenvalue weighted by atomic mass is 10.1. The summed E-state index contributed by atoms with van der Waals surface area (Å²) in [5.41, 5.74) is 6.02. The molecule has 4 heteroatoms. The summed E-state index contributed by atoms with van der Waals surface area (Å²) in [7, 11) is 0. The van der Waals surface area contributed by atoms with E-state index < -0.39 is 0 Å². The summed E-state index contributed by atoms with van der Waals surface area (Å²) in [6.45, 7) is 2.11. The highest BCUT2D eigenvalue weighted by Gasteiger charge is 2.05. The smallest absolute Gasteiger partial charge is 0.323 e. The summed E-state index contributed by atoms with van der Waals surface area (Å²) in [5, 5.41) is 6.90. The van der Waals surface area contributed by atoms with Crippen LogP contribution in [0.1, 0.15) is 12.5 Å². The lowest BCUT2D eigenvalue weighted by Crippen LogP contribution is -2.19. The first kappa shape index (κ1) is 16.9. The predicted octanol–water partition coefficient (Wildman–Crippen LogP) is 6.04. The maximum atomic E-state index is 12.2. The Morgan fingerprint density at radius 2 is 1.48 bits per heavy atom. The van der Waals surface area contributed by atoms with Gasteiger partial charge in [0.1, 0.15) is 0 Å². The third kappa shape index (κ3) is 3.85. The van der Waals surface area contributed by atoms with Gasteiger partial charge >= 0.3 is 6.03 Å². The van der Waals surface area contributed by atoms with Gasteiger partial charge in [0.15, 0.2) is 0 Å². The van der Waals surface area contributed by atoms with Gasteiger partial charge in [-0.15, -0.1) is 0 Å². The van der Waals surface area contributed by atoms with Crippen molar-refractivity contribution in [3.63, 3.8) is 0 Å². The zero-order chi connectivity index (χ0) is 18.6. The molecule has 0 fully saturated rings. The molecule has 0 aliphatic rings. The summed E-state index contributed by atoms with van der Waals surface area (Å²) in [4.78, 5) is 15.6. The number of para-hydroxylation sites is 1. The first-order valence-corrected chi connectivity index (χ1v) is 9.06. The second-order valence-corrected chi connectivity index (χ2v) is 6.48. The van der Waals surface area contributed by atoms with Crippen molar-refractivity contribution in [2.75, 3.05) is 10.6 Å². The molecule has 4 aromatic rings. The molecular weight excluding hydrogens is 334 g/mol. The van der Waals surface area contributed by atoms with Crippen LogP contribution >= 0.6 is 0 Å². The average molecular weight is 355 g/mol. The lowest BCUT2D eigenvalue weighted by molar-refractivity contribution is 0.262. The molecule has 0 saturated carbocycles. The number of anilines is 2. The number of carbonyl (C=O) groups excluding carboxylic acids is 1. The number of nitrogens with one attached hydrogen (secondary N) is 3. The maximum absolute atomic E-state index is 12.2. The average Bonchev–Trinajstić information content (AvgIpc) is 3.13. The Morgan fingerprint density at radius 3 is 2.11 bits per heavy atom. The van der Waals surface area contributed by atoms with Gasteiger partial charge in [-0.25, -0.2) is 4.79 Å². The van der Waals surface area contributed by atoms with E-state index in [2.05, 4.69) is 40.7 Å². The minimum absolute atomic E-state index is 0.252. The molecule has 1 heterocycles. The van der Waals surface area contributed by atoms with Crippen LogP contribution in [0.5, 0.6) is 0 Å². The molecule has 0 aliphatic carbocycles. The summed E-state index contributed by atoms with van der Waals surface area (Å²) in [6.07, 6.45) is 0.981. The number of benzene rings is 3. The third-order valence-corrected chi connectivity index (χ3v) is 4.60. The SMILES string of the molecule is CCc1ccc(NC(=O)Nc2ccc(-c3cc4ccccc4[nH]3)cc2)cc1. The standard InChI is InChI=1S/C23H21N3O/c1-2-16-7-11-19(12-8-16)24-23(27)25-20-13-9-17(10-14-20)22-15-18-5-3-4-6-21(18)26-22/h3-15,26H,2H2,1H3,(H2,24,25,27). The van der Waals surface area contributed by atoms with Gasteiger partial charge in [-0.05, 0) is 53.9 Å². The Bertz CT molecular complexity index is 1030. The van der Waals surface area contributed by atoms with Gasteiger partial charge in [-0.2, -0.15) is 0 Å². The van der Waals surface area contributed by atoms with E-state index in [1.54, 1.807) is 0 Å². The second-order valence-electron chi connectivity index (χ2n) is 6.48. The molecule has 1 aromatic heterocycles. The molecule has 3 aromatic carbocycles. The Labute approximate surface area is 158 Å². The molecule has 134 valence electrons. The van der Waals surface area contributed by atoms with E-state index in [1.807, 2.05) is 60.7 Å². The van der Waals surface area contributed by atoms with Crippen LogP contribution in [0.4, 0.5) is 16.2 Å². The van der Waals surface area contributed by atoms with Gasteiger partial charge in [0, 0.05) is 28.0 Å². The van der Waals surface area contributed by atoms with Crippen LogP contribution < -0.4 is 10.6 Å².